The lowest BCUT2D eigenvalue weighted by molar-refractivity contribution is -0.132. The molecule has 1 saturated heterocycles. The van der Waals surface area contributed by atoms with Gasteiger partial charge in [0.25, 0.3) is 10.2 Å². The second-order valence-corrected chi connectivity index (χ2v) is 8.09. The van der Waals surface area contributed by atoms with E-state index in [2.05, 4.69) is 5.32 Å². The van der Waals surface area contributed by atoms with Gasteiger partial charge in [0.1, 0.15) is 0 Å². The summed E-state index contributed by atoms with van der Waals surface area (Å²) in [6, 6.07) is 0. The molecule has 146 valence electrons. The third-order valence-corrected chi connectivity index (χ3v) is 6.58. The standard InChI is InChI=1S/C16H32N4O4S/c1-4-19(5-2)25(23,24)20-13-11-18(12-14-20)16(22)9-7-6-8-10-17-15(3)21/h4-14H2,1-3H3,(H,17,21). The first-order chi connectivity index (χ1) is 11.8. The van der Waals surface area contributed by atoms with Crippen molar-refractivity contribution in [3.05, 3.63) is 0 Å². The van der Waals surface area contributed by atoms with Crippen LogP contribution in [0.25, 0.3) is 0 Å². The Morgan fingerprint density at radius 1 is 1.00 bits per heavy atom. The second kappa shape index (κ2) is 10.7. The maximum absolute atomic E-state index is 12.5. The van der Waals surface area contributed by atoms with Crippen LogP contribution in [-0.2, 0) is 19.8 Å². The van der Waals surface area contributed by atoms with Crippen LogP contribution in [0.15, 0.2) is 0 Å². The van der Waals surface area contributed by atoms with Gasteiger partial charge in [0.05, 0.1) is 0 Å². The first-order valence-corrected chi connectivity index (χ1v) is 10.5. The first-order valence-electron chi connectivity index (χ1n) is 9.10. The Bertz CT molecular complexity index is 526. The van der Waals surface area contributed by atoms with Gasteiger partial charge in [-0.3, -0.25) is 9.59 Å². The highest BCUT2D eigenvalue weighted by Gasteiger charge is 2.31. The number of piperazine rings is 1. The van der Waals surface area contributed by atoms with Crippen LogP contribution in [0.2, 0.25) is 0 Å². The van der Waals surface area contributed by atoms with Crippen LogP contribution < -0.4 is 5.32 Å². The van der Waals surface area contributed by atoms with Crippen LogP contribution >= 0.6 is 0 Å². The van der Waals surface area contributed by atoms with E-state index in [1.165, 1.54) is 15.5 Å². The highest BCUT2D eigenvalue weighted by molar-refractivity contribution is 7.86. The molecule has 0 aromatic rings. The van der Waals surface area contributed by atoms with E-state index in [4.69, 9.17) is 0 Å². The number of nitrogens with zero attached hydrogens (tertiary/aromatic N) is 3. The maximum Gasteiger partial charge on any atom is 0.282 e. The quantitative estimate of drug-likeness (QED) is 0.559. The third kappa shape index (κ3) is 6.91. The number of unbranched alkanes of at least 4 members (excludes halogenated alkanes) is 2. The molecule has 0 aromatic heterocycles. The fourth-order valence-corrected chi connectivity index (χ4v) is 4.49. The van der Waals surface area contributed by atoms with Gasteiger partial charge in [-0.2, -0.15) is 17.0 Å². The molecule has 0 aromatic carbocycles. The summed E-state index contributed by atoms with van der Waals surface area (Å²) < 4.78 is 27.8. The van der Waals surface area contributed by atoms with E-state index in [9.17, 15) is 18.0 Å². The lowest BCUT2D eigenvalue weighted by Crippen LogP contribution is -2.54. The van der Waals surface area contributed by atoms with E-state index in [1.54, 1.807) is 4.90 Å². The van der Waals surface area contributed by atoms with E-state index in [0.29, 0.717) is 52.2 Å². The Hall–Kier alpha value is -1.19. The molecule has 1 aliphatic rings. The molecule has 9 heteroatoms. The van der Waals surface area contributed by atoms with Crippen LogP contribution in [0.5, 0.6) is 0 Å². The molecular weight excluding hydrogens is 344 g/mol. The molecule has 1 heterocycles. The van der Waals surface area contributed by atoms with E-state index >= 15 is 0 Å². The lowest BCUT2D eigenvalue weighted by Gasteiger charge is -2.36. The van der Waals surface area contributed by atoms with Gasteiger partial charge in [-0.25, -0.2) is 0 Å². The largest absolute Gasteiger partial charge is 0.356 e. The molecule has 1 fully saturated rings. The summed E-state index contributed by atoms with van der Waals surface area (Å²) in [5.74, 6) is 0.0491. The van der Waals surface area contributed by atoms with Crippen LogP contribution in [0, 0.1) is 0 Å². The van der Waals surface area contributed by atoms with Gasteiger partial charge < -0.3 is 10.2 Å². The summed E-state index contributed by atoms with van der Waals surface area (Å²) in [5, 5.41) is 2.73. The Morgan fingerprint density at radius 2 is 1.60 bits per heavy atom. The van der Waals surface area contributed by atoms with Crippen molar-refractivity contribution in [2.45, 2.75) is 46.5 Å². The van der Waals surface area contributed by atoms with E-state index in [0.717, 1.165) is 19.3 Å². The predicted molar refractivity (Wildman–Crippen MR) is 97.1 cm³/mol. The zero-order valence-electron chi connectivity index (χ0n) is 15.7. The van der Waals surface area contributed by atoms with Gasteiger partial charge in [0.2, 0.25) is 11.8 Å². The zero-order valence-corrected chi connectivity index (χ0v) is 16.5. The Balaban J connectivity index is 2.31. The normalized spacial score (nSPS) is 16.2. The molecule has 0 saturated carbocycles. The van der Waals surface area contributed by atoms with Crippen LogP contribution in [0.3, 0.4) is 0 Å². The summed E-state index contributed by atoms with van der Waals surface area (Å²) in [5.41, 5.74) is 0. The molecule has 25 heavy (non-hydrogen) atoms. The van der Waals surface area contributed by atoms with Gasteiger partial charge in [-0.1, -0.05) is 20.3 Å². The number of carbonyl (C=O) groups excluding carboxylic acids is 2. The zero-order chi connectivity index (χ0) is 18.9. The van der Waals surface area contributed by atoms with Crippen molar-refractivity contribution in [1.82, 2.24) is 18.8 Å². The van der Waals surface area contributed by atoms with Crippen molar-refractivity contribution in [3.8, 4) is 0 Å². The van der Waals surface area contributed by atoms with Crippen molar-refractivity contribution in [3.63, 3.8) is 0 Å². The van der Waals surface area contributed by atoms with Crippen molar-refractivity contribution in [2.24, 2.45) is 0 Å². The maximum atomic E-state index is 12.5. The Kier molecular flexibility index (Phi) is 9.37. The van der Waals surface area contributed by atoms with Crippen molar-refractivity contribution < 1.29 is 18.0 Å². The number of nitrogens with one attached hydrogen (secondary N) is 1. The molecule has 0 radical (unpaired) electrons. The highest BCUT2D eigenvalue weighted by Crippen LogP contribution is 2.13. The van der Waals surface area contributed by atoms with Crippen molar-refractivity contribution >= 4 is 22.0 Å². The minimum Gasteiger partial charge on any atom is -0.356 e. The monoisotopic (exact) mass is 376 g/mol. The third-order valence-electron chi connectivity index (χ3n) is 4.39. The molecule has 0 bridgehead atoms. The number of hydrogen-bond donors (Lipinski definition) is 1. The lowest BCUT2D eigenvalue weighted by atomic mass is 10.1. The minimum absolute atomic E-state index is 0.0337. The summed E-state index contributed by atoms with van der Waals surface area (Å²) in [4.78, 5) is 24.7. The summed E-state index contributed by atoms with van der Waals surface area (Å²) in [7, 11) is -3.41. The van der Waals surface area contributed by atoms with Crippen LogP contribution in [0.4, 0.5) is 0 Å². The van der Waals surface area contributed by atoms with Gasteiger partial charge in [0.15, 0.2) is 0 Å². The first kappa shape index (κ1) is 21.9. The van der Waals surface area contributed by atoms with Crippen LogP contribution in [-0.4, -0.2) is 79.6 Å². The molecule has 0 spiro atoms. The van der Waals surface area contributed by atoms with Gasteiger partial charge in [-0.15, -0.1) is 0 Å². The molecule has 1 N–H and O–H groups in total. The van der Waals surface area contributed by atoms with Crippen LogP contribution in [0.1, 0.15) is 46.5 Å². The average Bonchev–Trinajstić information content (AvgIpc) is 2.58. The van der Waals surface area contributed by atoms with Crippen molar-refractivity contribution in [1.29, 1.82) is 0 Å². The van der Waals surface area contributed by atoms with E-state index in [1.807, 2.05) is 13.8 Å². The molecular formula is C16H32N4O4S. The topological polar surface area (TPSA) is 90.0 Å². The SMILES string of the molecule is CCN(CC)S(=O)(=O)N1CCN(C(=O)CCCCCNC(C)=O)CC1. The molecule has 8 nitrogen and oxygen atoms in total. The number of amides is 2. The summed E-state index contributed by atoms with van der Waals surface area (Å²) >= 11 is 0. The molecule has 0 atom stereocenters. The molecule has 1 aliphatic heterocycles. The summed E-state index contributed by atoms with van der Waals surface area (Å²) in [6.07, 6.45) is 3.02. The van der Waals surface area contributed by atoms with E-state index < -0.39 is 10.2 Å². The number of hydrogen-bond acceptors (Lipinski definition) is 4. The number of carbonyl (C=O) groups is 2. The predicted octanol–water partition coefficient (Wildman–Crippen LogP) is 0.414. The number of rotatable bonds is 10. The molecule has 0 aliphatic carbocycles. The Labute approximate surface area is 151 Å². The average molecular weight is 377 g/mol. The second-order valence-electron chi connectivity index (χ2n) is 6.17. The Morgan fingerprint density at radius 3 is 2.12 bits per heavy atom. The summed E-state index contributed by atoms with van der Waals surface area (Å²) in [6.45, 7) is 8.30. The van der Waals surface area contributed by atoms with Gasteiger partial charge in [-0.05, 0) is 12.8 Å². The fraction of sp³-hybridized carbons (Fsp3) is 0.875. The molecule has 2 amide bonds. The van der Waals surface area contributed by atoms with E-state index in [-0.39, 0.29) is 11.8 Å². The van der Waals surface area contributed by atoms with Crippen molar-refractivity contribution in [2.75, 3.05) is 45.8 Å². The molecule has 0 unspecified atom stereocenters. The van der Waals surface area contributed by atoms with Gasteiger partial charge >= 0.3 is 0 Å². The fourth-order valence-electron chi connectivity index (χ4n) is 2.88. The van der Waals surface area contributed by atoms with Gasteiger partial charge in [0, 0.05) is 59.2 Å². The molecule has 1 rings (SSSR count). The highest BCUT2D eigenvalue weighted by atomic mass is 32.2. The minimum atomic E-state index is -3.41. The smallest absolute Gasteiger partial charge is 0.282 e.